The molecule has 1 heterocycles. The fourth-order valence-corrected chi connectivity index (χ4v) is 2.94. The molecule has 3 nitrogen and oxygen atoms in total. The van der Waals surface area contributed by atoms with E-state index >= 15 is 0 Å². The van der Waals surface area contributed by atoms with Crippen LogP contribution >= 0.6 is 11.8 Å². The summed E-state index contributed by atoms with van der Waals surface area (Å²) in [6.07, 6.45) is 0. The largest absolute Gasteiger partial charge is 0.455 e. The van der Waals surface area contributed by atoms with Gasteiger partial charge in [-0.25, -0.2) is 0 Å². The zero-order valence-electron chi connectivity index (χ0n) is 10.5. The SMILES string of the molecule is CC(O)(CO)c1ccc2c(c1)Sc1ccccc1O2. The molecule has 0 bridgehead atoms. The Morgan fingerprint density at radius 3 is 2.63 bits per heavy atom. The Kier molecular flexibility index (Phi) is 3.01. The van der Waals surface area contributed by atoms with Crippen LogP contribution in [0.1, 0.15) is 12.5 Å². The molecule has 19 heavy (non-hydrogen) atoms. The van der Waals surface area contributed by atoms with E-state index in [9.17, 15) is 10.2 Å². The first kappa shape index (κ1) is 12.5. The van der Waals surface area contributed by atoms with Crippen LogP contribution in [-0.4, -0.2) is 16.8 Å². The third-order valence-electron chi connectivity index (χ3n) is 3.16. The third-order valence-corrected chi connectivity index (χ3v) is 4.26. The Hall–Kier alpha value is -1.49. The van der Waals surface area contributed by atoms with E-state index in [1.54, 1.807) is 24.8 Å². The number of hydrogen-bond donors (Lipinski definition) is 2. The van der Waals surface area contributed by atoms with Gasteiger partial charge in [0.15, 0.2) is 0 Å². The molecule has 2 N–H and O–H groups in total. The van der Waals surface area contributed by atoms with E-state index in [0.29, 0.717) is 5.56 Å². The highest BCUT2D eigenvalue weighted by Crippen LogP contribution is 2.47. The van der Waals surface area contributed by atoms with Gasteiger partial charge in [-0.1, -0.05) is 30.0 Å². The van der Waals surface area contributed by atoms with Crippen LogP contribution in [0.3, 0.4) is 0 Å². The highest BCUT2D eigenvalue weighted by molar-refractivity contribution is 7.99. The molecule has 0 radical (unpaired) electrons. The number of rotatable bonds is 2. The first-order valence-electron chi connectivity index (χ1n) is 6.03. The minimum atomic E-state index is -1.23. The Morgan fingerprint density at radius 2 is 1.84 bits per heavy atom. The molecule has 0 fully saturated rings. The maximum absolute atomic E-state index is 10.1. The topological polar surface area (TPSA) is 49.7 Å². The number of ether oxygens (including phenoxy) is 1. The Balaban J connectivity index is 2.01. The van der Waals surface area contributed by atoms with Crippen molar-refractivity contribution in [3.63, 3.8) is 0 Å². The number of hydrogen-bond acceptors (Lipinski definition) is 4. The highest BCUT2D eigenvalue weighted by atomic mass is 32.2. The van der Waals surface area contributed by atoms with Crippen molar-refractivity contribution in [2.45, 2.75) is 22.3 Å². The maximum atomic E-state index is 10.1. The van der Waals surface area contributed by atoms with Crippen molar-refractivity contribution in [2.75, 3.05) is 6.61 Å². The summed E-state index contributed by atoms with van der Waals surface area (Å²) in [5.74, 6) is 1.63. The zero-order valence-corrected chi connectivity index (χ0v) is 11.3. The Morgan fingerprint density at radius 1 is 1.11 bits per heavy atom. The molecule has 2 aromatic rings. The van der Waals surface area contributed by atoms with Gasteiger partial charge in [0.25, 0.3) is 0 Å². The van der Waals surface area contributed by atoms with E-state index in [2.05, 4.69) is 0 Å². The predicted octanol–water partition coefficient (Wildman–Crippen LogP) is 3.14. The van der Waals surface area contributed by atoms with Crippen LogP contribution < -0.4 is 4.74 Å². The van der Waals surface area contributed by atoms with E-state index in [-0.39, 0.29) is 6.61 Å². The van der Waals surface area contributed by atoms with E-state index in [1.165, 1.54) is 0 Å². The van der Waals surface area contributed by atoms with Crippen molar-refractivity contribution in [3.05, 3.63) is 48.0 Å². The molecule has 4 heteroatoms. The highest BCUT2D eigenvalue weighted by Gasteiger charge is 2.25. The van der Waals surface area contributed by atoms with Gasteiger partial charge in [-0.05, 0) is 36.8 Å². The molecule has 0 saturated carbocycles. The van der Waals surface area contributed by atoms with Crippen LogP contribution in [0.25, 0.3) is 0 Å². The normalized spacial score (nSPS) is 15.9. The van der Waals surface area contributed by atoms with Crippen molar-refractivity contribution < 1.29 is 14.9 Å². The van der Waals surface area contributed by atoms with E-state index in [4.69, 9.17) is 4.74 Å². The minimum absolute atomic E-state index is 0.312. The standard InChI is InChI=1S/C15H14O3S/c1-15(17,9-16)10-6-7-12-14(8-10)19-13-5-3-2-4-11(13)18-12/h2-8,16-17H,9H2,1H3. The Bertz CT molecular complexity index is 623. The molecule has 1 atom stereocenters. The minimum Gasteiger partial charge on any atom is -0.455 e. The van der Waals surface area contributed by atoms with Crippen molar-refractivity contribution in [1.82, 2.24) is 0 Å². The first-order valence-corrected chi connectivity index (χ1v) is 6.84. The van der Waals surface area contributed by atoms with Gasteiger partial charge in [0.1, 0.15) is 17.1 Å². The molecule has 98 valence electrons. The second kappa shape index (κ2) is 4.56. The Labute approximate surface area is 115 Å². The van der Waals surface area contributed by atoms with E-state index in [1.807, 2.05) is 36.4 Å². The molecule has 1 aliphatic rings. The molecular weight excluding hydrogens is 260 g/mol. The van der Waals surface area contributed by atoms with Crippen molar-refractivity contribution in [1.29, 1.82) is 0 Å². The van der Waals surface area contributed by atoms with Gasteiger partial charge in [-0.3, -0.25) is 0 Å². The summed E-state index contributed by atoms with van der Waals surface area (Å²) in [4.78, 5) is 2.00. The lowest BCUT2D eigenvalue weighted by molar-refractivity contribution is -0.00248. The summed E-state index contributed by atoms with van der Waals surface area (Å²) in [6.45, 7) is 1.28. The molecule has 0 aliphatic carbocycles. The fourth-order valence-electron chi connectivity index (χ4n) is 1.95. The van der Waals surface area contributed by atoms with Crippen LogP contribution in [0.2, 0.25) is 0 Å². The van der Waals surface area contributed by atoms with Crippen LogP contribution in [0.4, 0.5) is 0 Å². The number of aliphatic hydroxyl groups is 2. The summed E-state index contributed by atoms with van der Waals surface area (Å²) >= 11 is 1.61. The smallest absolute Gasteiger partial charge is 0.141 e. The molecule has 3 rings (SSSR count). The van der Waals surface area contributed by atoms with Crippen molar-refractivity contribution in [3.8, 4) is 11.5 Å². The molecule has 0 spiro atoms. The quantitative estimate of drug-likeness (QED) is 0.753. The van der Waals surface area contributed by atoms with E-state index < -0.39 is 5.60 Å². The molecule has 0 aromatic heterocycles. The number of para-hydroxylation sites is 1. The summed E-state index contributed by atoms with van der Waals surface area (Å²) in [5.41, 5.74) is -0.545. The fraction of sp³-hybridized carbons (Fsp3) is 0.200. The maximum Gasteiger partial charge on any atom is 0.141 e. The summed E-state index contributed by atoms with van der Waals surface area (Å²) in [5, 5.41) is 19.3. The van der Waals surface area contributed by atoms with Gasteiger partial charge in [0.2, 0.25) is 0 Å². The number of benzene rings is 2. The second-order valence-electron chi connectivity index (χ2n) is 4.74. The molecular formula is C15H14O3S. The van der Waals surface area contributed by atoms with Gasteiger partial charge in [0.05, 0.1) is 16.4 Å². The lowest BCUT2D eigenvalue weighted by atomic mass is 9.97. The van der Waals surface area contributed by atoms with Crippen LogP contribution in [0, 0.1) is 0 Å². The molecule has 2 aromatic carbocycles. The van der Waals surface area contributed by atoms with Crippen LogP contribution in [0.5, 0.6) is 11.5 Å². The summed E-state index contributed by atoms with van der Waals surface area (Å²) in [7, 11) is 0. The first-order chi connectivity index (χ1) is 9.10. The van der Waals surface area contributed by atoms with E-state index in [0.717, 1.165) is 21.3 Å². The second-order valence-corrected chi connectivity index (χ2v) is 5.83. The average Bonchev–Trinajstić information content (AvgIpc) is 2.44. The zero-order chi connectivity index (χ0) is 13.5. The number of aliphatic hydroxyl groups excluding tert-OH is 1. The molecule has 1 aliphatic heterocycles. The van der Waals surface area contributed by atoms with Crippen molar-refractivity contribution in [2.24, 2.45) is 0 Å². The predicted molar refractivity (Wildman–Crippen MR) is 73.7 cm³/mol. The van der Waals surface area contributed by atoms with Gasteiger partial charge in [0, 0.05) is 0 Å². The number of fused-ring (bicyclic) bond motifs is 2. The van der Waals surface area contributed by atoms with Gasteiger partial charge in [-0.2, -0.15) is 0 Å². The van der Waals surface area contributed by atoms with Crippen molar-refractivity contribution >= 4 is 11.8 Å². The third kappa shape index (κ3) is 2.23. The average molecular weight is 274 g/mol. The molecule has 0 saturated heterocycles. The van der Waals surface area contributed by atoms with Gasteiger partial charge >= 0.3 is 0 Å². The lowest BCUT2D eigenvalue weighted by Crippen LogP contribution is -2.25. The molecule has 1 unspecified atom stereocenters. The van der Waals surface area contributed by atoms with Crippen LogP contribution in [0.15, 0.2) is 52.3 Å². The summed E-state index contributed by atoms with van der Waals surface area (Å²) < 4.78 is 5.81. The van der Waals surface area contributed by atoms with Crippen LogP contribution in [-0.2, 0) is 5.60 Å². The summed E-state index contributed by atoms with van der Waals surface area (Å²) in [6, 6.07) is 13.3. The monoisotopic (exact) mass is 274 g/mol. The lowest BCUT2D eigenvalue weighted by Gasteiger charge is -2.24. The van der Waals surface area contributed by atoms with Gasteiger partial charge < -0.3 is 14.9 Å². The molecule has 0 amide bonds. The van der Waals surface area contributed by atoms with Gasteiger partial charge in [-0.15, -0.1) is 0 Å².